The van der Waals surface area contributed by atoms with E-state index in [1.165, 1.54) is 0 Å². The monoisotopic (exact) mass is 225 g/mol. The normalized spacial score (nSPS) is 33.0. The molecule has 1 rings (SSSR count). The fourth-order valence-electron chi connectivity index (χ4n) is 2.34. The molecule has 0 radical (unpaired) electrons. The lowest BCUT2D eigenvalue weighted by Gasteiger charge is -2.40. The molecule has 0 aromatic rings. The van der Waals surface area contributed by atoms with E-state index in [0.717, 1.165) is 0 Å². The third-order valence-corrected chi connectivity index (χ3v) is 3.53. The predicted molar refractivity (Wildman–Crippen MR) is 51.5 cm³/mol. The molecular weight excluding hydrogens is 207 g/mol. The average Bonchev–Trinajstić information content (AvgIpc) is 2.17. The lowest BCUT2D eigenvalue weighted by atomic mass is 9.74. The summed E-state index contributed by atoms with van der Waals surface area (Å²) in [5, 5.41) is 11.9. The van der Waals surface area contributed by atoms with Gasteiger partial charge in [-0.15, -0.1) is 0 Å². The summed E-state index contributed by atoms with van der Waals surface area (Å²) in [4.78, 5) is 0. The quantitative estimate of drug-likeness (QED) is 0.770. The molecule has 0 aliphatic heterocycles. The van der Waals surface area contributed by atoms with Gasteiger partial charge in [0.1, 0.15) is 0 Å². The van der Waals surface area contributed by atoms with Gasteiger partial charge in [-0.3, -0.25) is 0 Å². The number of nitrogens with one attached hydrogen (secondary N) is 1. The highest BCUT2D eigenvalue weighted by Gasteiger charge is 2.44. The van der Waals surface area contributed by atoms with Gasteiger partial charge >= 0.3 is 6.18 Å². The Bertz CT molecular complexity index is 197. The Kier molecular flexibility index (Phi) is 4.00. The van der Waals surface area contributed by atoms with Crippen LogP contribution in [0, 0.1) is 5.92 Å². The van der Waals surface area contributed by atoms with Crippen LogP contribution in [-0.2, 0) is 0 Å². The molecule has 5 heteroatoms. The molecule has 0 aromatic carbocycles. The van der Waals surface area contributed by atoms with Gasteiger partial charge in [-0.2, -0.15) is 13.2 Å². The lowest BCUT2D eigenvalue weighted by molar-refractivity contribution is -0.185. The molecule has 90 valence electrons. The van der Waals surface area contributed by atoms with Crippen molar-refractivity contribution in [1.82, 2.24) is 5.32 Å². The number of hydrogen-bond acceptors (Lipinski definition) is 2. The van der Waals surface area contributed by atoms with Crippen LogP contribution in [0.3, 0.4) is 0 Å². The molecule has 1 saturated carbocycles. The second-order valence-corrected chi connectivity index (χ2v) is 4.32. The van der Waals surface area contributed by atoms with Crippen LogP contribution in [0.25, 0.3) is 0 Å². The van der Waals surface area contributed by atoms with Crippen LogP contribution in [0.5, 0.6) is 0 Å². The molecule has 0 unspecified atom stereocenters. The minimum atomic E-state index is -4.06. The lowest BCUT2D eigenvalue weighted by Crippen LogP contribution is -2.48. The number of rotatable bonds is 3. The van der Waals surface area contributed by atoms with Crippen LogP contribution in [-0.4, -0.2) is 30.5 Å². The minimum absolute atomic E-state index is 0.0253. The van der Waals surface area contributed by atoms with Crippen LogP contribution in [0.2, 0.25) is 0 Å². The highest BCUT2D eigenvalue weighted by molar-refractivity contribution is 4.93. The smallest absolute Gasteiger partial charge is 0.391 e. The van der Waals surface area contributed by atoms with E-state index in [1.54, 1.807) is 7.05 Å². The Balaban J connectivity index is 2.53. The largest absolute Gasteiger partial charge is 0.396 e. The highest BCUT2D eigenvalue weighted by atomic mass is 19.4. The molecule has 1 fully saturated rings. The van der Waals surface area contributed by atoms with Gasteiger partial charge in [0.15, 0.2) is 0 Å². The van der Waals surface area contributed by atoms with Crippen LogP contribution < -0.4 is 5.32 Å². The van der Waals surface area contributed by atoms with Crippen molar-refractivity contribution in [2.24, 2.45) is 5.92 Å². The zero-order chi connectivity index (χ0) is 11.5. The summed E-state index contributed by atoms with van der Waals surface area (Å²) in [5.74, 6) is -1.15. The number of hydrogen-bond donors (Lipinski definition) is 2. The first-order valence-corrected chi connectivity index (χ1v) is 5.30. The van der Waals surface area contributed by atoms with E-state index in [4.69, 9.17) is 5.11 Å². The van der Waals surface area contributed by atoms with E-state index in [1.807, 2.05) is 0 Å². The number of alkyl halides is 3. The Morgan fingerprint density at radius 1 is 1.33 bits per heavy atom. The van der Waals surface area contributed by atoms with Crippen LogP contribution in [0.1, 0.15) is 32.1 Å². The van der Waals surface area contributed by atoms with Crippen molar-refractivity contribution < 1.29 is 18.3 Å². The topological polar surface area (TPSA) is 32.3 Å². The molecule has 2 nitrogen and oxygen atoms in total. The van der Waals surface area contributed by atoms with Gasteiger partial charge in [0, 0.05) is 12.1 Å². The molecule has 1 aliphatic rings. The standard InChI is InChI=1S/C10H18F3NO/c1-14-9(6-7-15)4-2-8(3-5-9)10(11,12)13/h8,14-15H,2-7H2,1H3. The first-order valence-electron chi connectivity index (χ1n) is 5.30. The number of aliphatic hydroxyl groups excluding tert-OH is 1. The van der Waals surface area contributed by atoms with Gasteiger partial charge in [0.25, 0.3) is 0 Å². The third-order valence-electron chi connectivity index (χ3n) is 3.53. The summed E-state index contributed by atoms with van der Waals surface area (Å²) < 4.78 is 37.2. The Morgan fingerprint density at radius 2 is 1.87 bits per heavy atom. The van der Waals surface area contributed by atoms with Gasteiger partial charge in [0.2, 0.25) is 0 Å². The van der Waals surface area contributed by atoms with E-state index in [9.17, 15) is 13.2 Å². The second kappa shape index (κ2) is 4.70. The maximum absolute atomic E-state index is 12.4. The number of aliphatic hydroxyl groups is 1. The summed E-state index contributed by atoms with van der Waals surface area (Å²) in [6, 6.07) is 0. The second-order valence-electron chi connectivity index (χ2n) is 4.32. The summed E-state index contributed by atoms with van der Waals surface area (Å²) in [7, 11) is 1.75. The van der Waals surface area contributed by atoms with Gasteiger partial charge in [0.05, 0.1) is 5.92 Å². The van der Waals surface area contributed by atoms with E-state index >= 15 is 0 Å². The van der Waals surface area contributed by atoms with Gasteiger partial charge < -0.3 is 10.4 Å². The summed E-state index contributed by atoms with van der Waals surface area (Å²) in [6.07, 6.45) is -2.19. The van der Waals surface area contributed by atoms with Crippen molar-refractivity contribution in [2.75, 3.05) is 13.7 Å². The summed E-state index contributed by atoms with van der Waals surface area (Å²) in [6.45, 7) is 0.0253. The Hall–Kier alpha value is -0.290. The summed E-state index contributed by atoms with van der Waals surface area (Å²) in [5.41, 5.74) is -0.281. The molecule has 15 heavy (non-hydrogen) atoms. The first-order chi connectivity index (χ1) is 6.93. The SMILES string of the molecule is CNC1(CCO)CCC(C(F)(F)F)CC1. The molecule has 1 aliphatic carbocycles. The molecule has 0 spiro atoms. The minimum Gasteiger partial charge on any atom is -0.396 e. The zero-order valence-electron chi connectivity index (χ0n) is 8.90. The molecular formula is C10H18F3NO. The number of halogens is 3. The van der Waals surface area contributed by atoms with Gasteiger partial charge in [-0.05, 0) is 39.2 Å². The van der Waals surface area contributed by atoms with Crippen molar-refractivity contribution in [3.63, 3.8) is 0 Å². The summed E-state index contributed by atoms with van der Waals surface area (Å²) >= 11 is 0. The van der Waals surface area contributed by atoms with Gasteiger partial charge in [-0.25, -0.2) is 0 Å². The Labute approximate surface area is 87.9 Å². The van der Waals surface area contributed by atoms with Crippen molar-refractivity contribution in [3.05, 3.63) is 0 Å². The van der Waals surface area contributed by atoms with Crippen molar-refractivity contribution >= 4 is 0 Å². The Morgan fingerprint density at radius 3 is 2.20 bits per heavy atom. The average molecular weight is 225 g/mol. The van der Waals surface area contributed by atoms with Crippen LogP contribution in [0.4, 0.5) is 13.2 Å². The molecule has 0 amide bonds. The van der Waals surface area contributed by atoms with E-state index in [2.05, 4.69) is 5.32 Å². The van der Waals surface area contributed by atoms with Crippen molar-refractivity contribution in [3.8, 4) is 0 Å². The predicted octanol–water partition coefficient (Wildman–Crippen LogP) is 2.08. The van der Waals surface area contributed by atoms with Crippen LogP contribution in [0.15, 0.2) is 0 Å². The van der Waals surface area contributed by atoms with Crippen molar-refractivity contribution in [2.45, 2.75) is 43.8 Å². The van der Waals surface area contributed by atoms with Gasteiger partial charge in [-0.1, -0.05) is 0 Å². The maximum Gasteiger partial charge on any atom is 0.391 e. The molecule has 0 saturated heterocycles. The molecule has 2 N–H and O–H groups in total. The van der Waals surface area contributed by atoms with E-state index in [0.29, 0.717) is 19.3 Å². The van der Waals surface area contributed by atoms with Crippen LogP contribution >= 0.6 is 0 Å². The fraction of sp³-hybridized carbons (Fsp3) is 1.00. The van der Waals surface area contributed by atoms with E-state index in [-0.39, 0.29) is 25.0 Å². The maximum atomic E-state index is 12.4. The molecule has 0 bridgehead atoms. The molecule has 0 heterocycles. The third kappa shape index (κ3) is 3.08. The zero-order valence-corrected chi connectivity index (χ0v) is 8.90. The first kappa shape index (κ1) is 12.8. The van der Waals surface area contributed by atoms with E-state index < -0.39 is 12.1 Å². The fourth-order valence-corrected chi connectivity index (χ4v) is 2.34. The van der Waals surface area contributed by atoms with Crippen molar-refractivity contribution in [1.29, 1.82) is 0 Å². The molecule has 0 aromatic heterocycles. The molecule has 0 atom stereocenters. The highest BCUT2D eigenvalue weighted by Crippen LogP contribution is 2.41.